The third-order valence-corrected chi connectivity index (χ3v) is 2.55. The average Bonchev–Trinajstić information content (AvgIpc) is 2.99. The fourth-order valence-corrected chi connectivity index (χ4v) is 1.35. The lowest BCUT2D eigenvalue weighted by atomic mass is 10.2. The SMILES string of the molecule is O=C(Cl)c1ccc(OCC2CC2)c(F)c1. The molecule has 1 aliphatic carbocycles. The Morgan fingerprint density at radius 1 is 1.53 bits per heavy atom. The monoisotopic (exact) mass is 228 g/mol. The fraction of sp³-hybridized carbons (Fsp3) is 0.364. The quantitative estimate of drug-likeness (QED) is 0.741. The van der Waals surface area contributed by atoms with E-state index in [1.807, 2.05) is 0 Å². The molecular formula is C11H10ClFO2. The normalized spacial score (nSPS) is 15.1. The maximum Gasteiger partial charge on any atom is 0.252 e. The van der Waals surface area contributed by atoms with Gasteiger partial charge in [0.1, 0.15) is 0 Å². The molecule has 0 radical (unpaired) electrons. The molecule has 0 aromatic heterocycles. The molecule has 1 aromatic rings. The Morgan fingerprint density at radius 3 is 2.80 bits per heavy atom. The van der Waals surface area contributed by atoms with E-state index in [-0.39, 0.29) is 11.3 Å². The molecule has 0 bridgehead atoms. The zero-order valence-electron chi connectivity index (χ0n) is 8.00. The Hall–Kier alpha value is -1.09. The van der Waals surface area contributed by atoms with Gasteiger partial charge in [-0.1, -0.05) is 0 Å². The minimum Gasteiger partial charge on any atom is -0.490 e. The molecule has 0 amide bonds. The number of benzene rings is 1. The highest BCUT2D eigenvalue weighted by Crippen LogP contribution is 2.30. The van der Waals surface area contributed by atoms with Crippen molar-refractivity contribution in [2.24, 2.45) is 5.92 Å². The molecular weight excluding hydrogens is 219 g/mol. The van der Waals surface area contributed by atoms with Crippen LogP contribution in [0.1, 0.15) is 23.2 Å². The highest BCUT2D eigenvalue weighted by atomic mass is 35.5. The van der Waals surface area contributed by atoms with Crippen molar-refractivity contribution in [3.05, 3.63) is 29.6 Å². The van der Waals surface area contributed by atoms with Gasteiger partial charge in [-0.25, -0.2) is 4.39 Å². The lowest BCUT2D eigenvalue weighted by molar-refractivity contribution is 0.108. The molecule has 4 heteroatoms. The van der Waals surface area contributed by atoms with Crippen LogP contribution in [0.15, 0.2) is 18.2 Å². The van der Waals surface area contributed by atoms with Gasteiger partial charge >= 0.3 is 0 Å². The Kier molecular flexibility index (Phi) is 2.91. The van der Waals surface area contributed by atoms with Gasteiger partial charge < -0.3 is 4.74 Å². The van der Waals surface area contributed by atoms with E-state index in [1.54, 1.807) is 0 Å². The first kappa shape index (κ1) is 10.4. The van der Waals surface area contributed by atoms with Crippen molar-refractivity contribution in [1.29, 1.82) is 0 Å². The van der Waals surface area contributed by atoms with Crippen LogP contribution in [0, 0.1) is 11.7 Å². The zero-order chi connectivity index (χ0) is 10.8. The van der Waals surface area contributed by atoms with E-state index in [0.717, 1.165) is 18.9 Å². The summed E-state index contributed by atoms with van der Waals surface area (Å²) >= 11 is 5.22. The van der Waals surface area contributed by atoms with Gasteiger partial charge in [0.2, 0.25) is 0 Å². The Bertz CT molecular complexity index is 388. The van der Waals surface area contributed by atoms with Crippen LogP contribution in [-0.4, -0.2) is 11.8 Å². The molecule has 0 heterocycles. The summed E-state index contributed by atoms with van der Waals surface area (Å²) in [4.78, 5) is 10.7. The van der Waals surface area contributed by atoms with Crippen molar-refractivity contribution in [3.8, 4) is 5.75 Å². The van der Waals surface area contributed by atoms with Gasteiger partial charge in [0.25, 0.3) is 5.24 Å². The van der Waals surface area contributed by atoms with E-state index >= 15 is 0 Å². The number of carbonyl (C=O) groups excluding carboxylic acids is 1. The number of halogens is 2. The summed E-state index contributed by atoms with van der Waals surface area (Å²) in [5, 5.41) is -0.664. The van der Waals surface area contributed by atoms with Gasteiger partial charge in [-0.05, 0) is 48.6 Å². The molecule has 0 unspecified atom stereocenters. The van der Waals surface area contributed by atoms with Gasteiger partial charge in [0, 0.05) is 5.56 Å². The molecule has 2 rings (SSSR count). The summed E-state index contributed by atoms with van der Waals surface area (Å²) in [6, 6.07) is 3.99. The maximum atomic E-state index is 13.3. The molecule has 0 spiro atoms. The minimum atomic E-state index is -0.664. The third-order valence-electron chi connectivity index (χ3n) is 2.33. The summed E-state index contributed by atoms with van der Waals surface area (Å²) in [5.41, 5.74) is 0.146. The summed E-state index contributed by atoms with van der Waals surface area (Å²) in [6.45, 7) is 0.547. The smallest absolute Gasteiger partial charge is 0.252 e. The predicted octanol–water partition coefficient (Wildman–Crippen LogP) is 2.99. The minimum absolute atomic E-state index is 0.146. The molecule has 1 aliphatic rings. The first-order chi connectivity index (χ1) is 7.16. The van der Waals surface area contributed by atoms with Crippen LogP contribution in [0.3, 0.4) is 0 Å². The number of carbonyl (C=O) groups is 1. The summed E-state index contributed by atoms with van der Waals surface area (Å²) in [7, 11) is 0. The molecule has 80 valence electrons. The topological polar surface area (TPSA) is 26.3 Å². The van der Waals surface area contributed by atoms with Crippen molar-refractivity contribution in [2.75, 3.05) is 6.61 Å². The average molecular weight is 229 g/mol. The number of rotatable bonds is 4. The van der Waals surface area contributed by atoms with Gasteiger partial charge in [-0.3, -0.25) is 4.79 Å². The van der Waals surface area contributed by atoms with Crippen LogP contribution in [0.25, 0.3) is 0 Å². The lowest BCUT2D eigenvalue weighted by Gasteiger charge is -2.06. The van der Waals surface area contributed by atoms with Crippen LogP contribution in [-0.2, 0) is 0 Å². The second-order valence-corrected chi connectivity index (χ2v) is 4.02. The molecule has 0 N–H and O–H groups in total. The van der Waals surface area contributed by atoms with Crippen molar-refractivity contribution < 1.29 is 13.9 Å². The van der Waals surface area contributed by atoms with Crippen molar-refractivity contribution in [1.82, 2.24) is 0 Å². The number of hydrogen-bond donors (Lipinski definition) is 0. The Balaban J connectivity index is 2.07. The van der Waals surface area contributed by atoms with E-state index in [0.29, 0.717) is 12.5 Å². The third kappa shape index (κ3) is 2.69. The first-order valence-electron chi connectivity index (χ1n) is 4.79. The van der Waals surface area contributed by atoms with E-state index in [1.165, 1.54) is 12.1 Å². The first-order valence-corrected chi connectivity index (χ1v) is 5.17. The second-order valence-electron chi connectivity index (χ2n) is 3.67. The predicted molar refractivity (Wildman–Crippen MR) is 54.8 cm³/mol. The standard InChI is InChI=1S/C11H10ClFO2/c12-11(14)8-3-4-10(9(13)5-8)15-6-7-1-2-7/h3-5,7H,1-2,6H2. The van der Waals surface area contributed by atoms with E-state index in [2.05, 4.69) is 0 Å². The van der Waals surface area contributed by atoms with Crippen molar-refractivity contribution >= 4 is 16.8 Å². The Labute approximate surface area is 92.0 Å². The highest BCUT2D eigenvalue weighted by Gasteiger charge is 2.22. The molecule has 1 fully saturated rings. The number of hydrogen-bond acceptors (Lipinski definition) is 2. The largest absolute Gasteiger partial charge is 0.490 e. The number of ether oxygens (including phenoxy) is 1. The molecule has 15 heavy (non-hydrogen) atoms. The van der Waals surface area contributed by atoms with E-state index in [9.17, 15) is 9.18 Å². The fourth-order valence-electron chi connectivity index (χ4n) is 1.23. The van der Waals surface area contributed by atoms with Crippen LogP contribution in [0.5, 0.6) is 5.75 Å². The molecule has 0 saturated heterocycles. The molecule has 0 atom stereocenters. The highest BCUT2D eigenvalue weighted by molar-refractivity contribution is 6.67. The lowest BCUT2D eigenvalue weighted by Crippen LogP contribution is -2.01. The summed E-state index contributed by atoms with van der Waals surface area (Å²) in [5.74, 6) is 0.212. The van der Waals surface area contributed by atoms with Gasteiger partial charge in [-0.2, -0.15) is 0 Å². The second kappa shape index (κ2) is 4.19. The summed E-state index contributed by atoms with van der Waals surface area (Å²) < 4.78 is 18.6. The van der Waals surface area contributed by atoms with Crippen LogP contribution in [0.2, 0.25) is 0 Å². The molecule has 1 saturated carbocycles. The summed E-state index contributed by atoms with van der Waals surface area (Å²) in [6.07, 6.45) is 2.31. The molecule has 0 aliphatic heterocycles. The van der Waals surface area contributed by atoms with Crippen LogP contribution >= 0.6 is 11.6 Å². The van der Waals surface area contributed by atoms with Crippen molar-refractivity contribution in [2.45, 2.75) is 12.8 Å². The van der Waals surface area contributed by atoms with Gasteiger partial charge in [0.15, 0.2) is 11.6 Å². The van der Waals surface area contributed by atoms with Crippen molar-refractivity contribution in [3.63, 3.8) is 0 Å². The van der Waals surface area contributed by atoms with Crippen LogP contribution in [0.4, 0.5) is 4.39 Å². The Morgan fingerprint density at radius 2 is 2.27 bits per heavy atom. The molecule has 1 aromatic carbocycles. The maximum absolute atomic E-state index is 13.3. The van der Waals surface area contributed by atoms with Gasteiger partial charge in [0.05, 0.1) is 6.61 Å². The van der Waals surface area contributed by atoms with Gasteiger partial charge in [-0.15, -0.1) is 0 Å². The van der Waals surface area contributed by atoms with Crippen LogP contribution < -0.4 is 4.74 Å². The van der Waals surface area contributed by atoms with E-state index in [4.69, 9.17) is 16.3 Å². The van der Waals surface area contributed by atoms with E-state index < -0.39 is 11.1 Å². The zero-order valence-corrected chi connectivity index (χ0v) is 8.76. The molecule has 2 nitrogen and oxygen atoms in total.